The van der Waals surface area contributed by atoms with Crippen molar-refractivity contribution >= 4 is 23.4 Å². The first-order chi connectivity index (χ1) is 9.06. The Kier molecular flexibility index (Phi) is 4.06. The highest BCUT2D eigenvalue weighted by Gasteiger charge is 2.19. The maximum Gasteiger partial charge on any atom is 0.246 e. The number of carbonyl (C=O) groups is 1. The molecule has 0 saturated carbocycles. The van der Waals surface area contributed by atoms with Crippen LogP contribution in [0.4, 0.5) is 11.4 Å². The van der Waals surface area contributed by atoms with Gasteiger partial charge in [0.2, 0.25) is 5.91 Å². The van der Waals surface area contributed by atoms with Gasteiger partial charge in [-0.05, 0) is 42.7 Å². The zero-order chi connectivity index (χ0) is 13.8. The molecule has 0 aromatic heterocycles. The van der Waals surface area contributed by atoms with Crippen LogP contribution < -0.4 is 11.5 Å². The smallest absolute Gasteiger partial charge is 0.246 e. The minimum absolute atomic E-state index is 0.0614. The molecule has 0 spiro atoms. The second-order valence-electron chi connectivity index (χ2n) is 4.78. The van der Waals surface area contributed by atoms with E-state index in [2.05, 4.69) is 0 Å². The van der Waals surface area contributed by atoms with Crippen LogP contribution >= 0.6 is 0 Å². The monoisotopic (exact) mass is 261 g/mol. The molecule has 5 heteroatoms. The highest BCUT2D eigenvalue weighted by Crippen LogP contribution is 2.17. The van der Waals surface area contributed by atoms with Crippen molar-refractivity contribution in [1.82, 2.24) is 4.90 Å². The van der Waals surface area contributed by atoms with E-state index in [-0.39, 0.29) is 12.0 Å². The normalized spacial score (nSPS) is 17.0. The number of amides is 1. The van der Waals surface area contributed by atoms with E-state index in [4.69, 9.17) is 11.5 Å². The van der Waals surface area contributed by atoms with E-state index in [0.717, 1.165) is 5.56 Å². The summed E-state index contributed by atoms with van der Waals surface area (Å²) in [5.41, 5.74) is 13.4. The number of likely N-dealkylation sites (tertiary alicyclic amines) is 1. The van der Waals surface area contributed by atoms with Crippen LogP contribution in [-0.2, 0) is 4.79 Å². The van der Waals surface area contributed by atoms with Gasteiger partial charge in [0, 0.05) is 30.5 Å². The Bertz CT molecular complexity index is 491. The van der Waals surface area contributed by atoms with Crippen LogP contribution in [0.25, 0.3) is 6.08 Å². The molecule has 0 bridgehead atoms. The quantitative estimate of drug-likeness (QED) is 0.543. The number of nitrogens with zero attached hydrogens (tertiary/aromatic N) is 1. The van der Waals surface area contributed by atoms with Gasteiger partial charge >= 0.3 is 0 Å². The molecule has 0 unspecified atom stereocenters. The first-order valence-electron chi connectivity index (χ1n) is 6.36. The Morgan fingerprint density at radius 3 is 2.68 bits per heavy atom. The van der Waals surface area contributed by atoms with E-state index in [9.17, 15) is 9.90 Å². The number of hydrogen-bond donors (Lipinski definition) is 3. The molecule has 0 radical (unpaired) electrons. The predicted octanol–water partition coefficient (Wildman–Crippen LogP) is 0.847. The zero-order valence-corrected chi connectivity index (χ0v) is 10.7. The molecule has 1 aromatic carbocycles. The molecule has 102 valence electrons. The van der Waals surface area contributed by atoms with Crippen LogP contribution in [0, 0.1) is 0 Å². The predicted molar refractivity (Wildman–Crippen MR) is 76.1 cm³/mol. The number of nitrogen functional groups attached to an aromatic ring is 2. The lowest BCUT2D eigenvalue weighted by Gasteiger charge is -2.28. The third kappa shape index (κ3) is 3.48. The average Bonchev–Trinajstić information content (AvgIpc) is 2.40. The van der Waals surface area contributed by atoms with Crippen molar-refractivity contribution < 1.29 is 9.90 Å². The van der Waals surface area contributed by atoms with Crippen LogP contribution in [-0.4, -0.2) is 35.1 Å². The van der Waals surface area contributed by atoms with E-state index >= 15 is 0 Å². The van der Waals surface area contributed by atoms with E-state index in [1.54, 1.807) is 29.2 Å². The molecule has 0 atom stereocenters. The van der Waals surface area contributed by atoms with Crippen molar-refractivity contribution in [2.45, 2.75) is 18.9 Å². The molecule has 0 aliphatic carbocycles. The SMILES string of the molecule is Nc1ccc(N)c(C=CC(=O)N2CCC(O)CC2)c1. The first kappa shape index (κ1) is 13.4. The highest BCUT2D eigenvalue weighted by molar-refractivity contribution is 5.92. The van der Waals surface area contributed by atoms with Gasteiger partial charge in [-0.2, -0.15) is 0 Å². The topological polar surface area (TPSA) is 92.6 Å². The molecule has 1 amide bonds. The maximum absolute atomic E-state index is 12.0. The van der Waals surface area contributed by atoms with Gasteiger partial charge in [-0.1, -0.05) is 0 Å². The highest BCUT2D eigenvalue weighted by atomic mass is 16.3. The number of rotatable bonds is 2. The van der Waals surface area contributed by atoms with E-state index < -0.39 is 0 Å². The van der Waals surface area contributed by atoms with Crippen molar-refractivity contribution in [3.05, 3.63) is 29.8 Å². The minimum atomic E-state index is -0.280. The van der Waals surface area contributed by atoms with Crippen LogP contribution in [0.2, 0.25) is 0 Å². The minimum Gasteiger partial charge on any atom is -0.399 e. The summed E-state index contributed by atoms with van der Waals surface area (Å²) in [6.07, 6.45) is 4.18. The number of carbonyl (C=O) groups excluding carboxylic acids is 1. The summed E-state index contributed by atoms with van der Waals surface area (Å²) in [4.78, 5) is 13.7. The number of nitrogens with two attached hydrogens (primary N) is 2. The lowest BCUT2D eigenvalue weighted by molar-refractivity contribution is -0.127. The van der Waals surface area contributed by atoms with Gasteiger partial charge in [-0.15, -0.1) is 0 Å². The molecular weight excluding hydrogens is 242 g/mol. The summed E-state index contributed by atoms with van der Waals surface area (Å²) < 4.78 is 0. The van der Waals surface area contributed by atoms with Gasteiger partial charge < -0.3 is 21.5 Å². The third-order valence-corrected chi connectivity index (χ3v) is 3.29. The Hall–Kier alpha value is -2.01. The molecule has 1 saturated heterocycles. The fourth-order valence-electron chi connectivity index (χ4n) is 2.09. The third-order valence-electron chi connectivity index (χ3n) is 3.29. The second-order valence-corrected chi connectivity index (χ2v) is 4.78. The lowest BCUT2D eigenvalue weighted by Crippen LogP contribution is -2.39. The molecule has 5 N–H and O–H groups in total. The van der Waals surface area contributed by atoms with E-state index in [0.29, 0.717) is 37.3 Å². The number of aliphatic hydroxyl groups is 1. The summed E-state index contributed by atoms with van der Waals surface area (Å²) in [6, 6.07) is 5.18. The van der Waals surface area contributed by atoms with Gasteiger partial charge in [0.1, 0.15) is 0 Å². The largest absolute Gasteiger partial charge is 0.399 e. The molecule has 5 nitrogen and oxygen atoms in total. The Balaban J connectivity index is 2.02. The molecule has 1 fully saturated rings. The van der Waals surface area contributed by atoms with Crippen molar-refractivity contribution in [1.29, 1.82) is 0 Å². The fraction of sp³-hybridized carbons (Fsp3) is 0.357. The standard InChI is InChI=1S/C14H19N3O2/c15-11-2-3-13(16)10(9-11)1-4-14(19)17-7-5-12(18)6-8-17/h1-4,9,12,18H,5-8,15-16H2. The summed E-state index contributed by atoms with van der Waals surface area (Å²) in [5, 5.41) is 9.40. The molecule has 1 aliphatic rings. The van der Waals surface area contributed by atoms with Gasteiger partial charge in [0.15, 0.2) is 0 Å². The van der Waals surface area contributed by atoms with Gasteiger partial charge in [-0.25, -0.2) is 0 Å². The van der Waals surface area contributed by atoms with Crippen LogP contribution in [0.3, 0.4) is 0 Å². The van der Waals surface area contributed by atoms with Crippen molar-refractivity contribution in [3.63, 3.8) is 0 Å². The summed E-state index contributed by atoms with van der Waals surface area (Å²) in [6.45, 7) is 1.19. The molecule has 1 heterocycles. The molecule has 2 rings (SSSR count). The summed E-state index contributed by atoms with van der Waals surface area (Å²) in [5.74, 6) is -0.0614. The van der Waals surface area contributed by atoms with Crippen LogP contribution in [0.15, 0.2) is 24.3 Å². The van der Waals surface area contributed by atoms with Crippen LogP contribution in [0.5, 0.6) is 0 Å². The summed E-state index contributed by atoms with van der Waals surface area (Å²) >= 11 is 0. The van der Waals surface area contributed by atoms with E-state index in [1.807, 2.05) is 0 Å². The first-order valence-corrected chi connectivity index (χ1v) is 6.36. The second kappa shape index (κ2) is 5.75. The van der Waals surface area contributed by atoms with Gasteiger partial charge in [0.05, 0.1) is 6.10 Å². The molecular formula is C14H19N3O2. The van der Waals surface area contributed by atoms with Crippen molar-refractivity contribution in [2.24, 2.45) is 0 Å². The van der Waals surface area contributed by atoms with Crippen molar-refractivity contribution in [2.75, 3.05) is 24.6 Å². The van der Waals surface area contributed by atoms with E-state index in [1.165, 1.54) is 6.08 Å². The molecule has 1 aromatic rings. The average molecular weight is 261 g/mol. The van der Waals surface area contributed by atoms with Crippen LogP contribution in [0.1, 0.15) is 18.4 Å². The Morgan fingerprint density at radius 1 is 1.32 bits per heavy atom. The number of aliphatic hydroxyl groups excluding tert-OH is 1. The number of piperidine rings is 1. The van der Waals surface area contributed by atoms with Crippen molar-refractivity contribution in [3.8, 4) is 0 Å². The molecule has 1 aliphatic heterocycles. The van der Waals surface area contributed by atoms with Gasteiger partial charge in [0.25, 0.3) is 0 Å². The van der Waals surface area contributed by atoms with Gasteiger partial charge in [-0.3, -0.25) is 4.79 Å². The fourth-order valence-corrected chi connectivity index (χ4v) is 2.09. The molecule has 19 heavy (non-hydrogen) atoms. The number of anilines is 2. The lowest BCUT2D eigenvalue weighted by atomic mass is 10.1. The number of benzene rings is 1. The maximum atomic E-state index is 12.0. The Labute approximate surface area is 112 Å². The summed E-state index contributed by atoms with van der Waals surface area (Å²) in [7, 11) is 0. The zero-order valence-electron chi connectivity index (χ0n) is 10.7. The number of hydrogen-bond acceptors (Lipinski definition) is 4. The Morgan fingerprint density at radius 2 is 2.00 bits per heavy atom.